The van der Waals surface area contributed by atoms with E-state index >= 15 is 0 Å². The quantitative estimate of drug-likeness (QED) is 0.495. The summed E-state index contributed by atoms with van der Waals surface area (Å²) in [6.45, 7) is 0. The molecule has 0 unspecified atom stereocenters. The fraction of sp³-hybridized carbons (Fsp3) is 0. The predicted octanol–water partition coefficient (Wildman–Crippen LogP) is 3.42. The molecule has 6 nitrogen and oxygen atoms in total. The van der Waals surface area contributed by atoms with Gasteiger partial charge in [0.15, 0.2) is 0 Å². The second kappa shape index (κ2) is 8.27. The highest BCUT2D eigenvalue weighted by Gasteiger charge is 2.18. The highest BCUT2D eigenvalue weighted by molar-refractivity contribution is 7.09. The van der Waals surface area contributed by atoms with Crippen LogP contribution < -0.4 is 9.06 Å². The Morgan fingerprint density at radius 2 is 0.935 bits per heavy atom. The van der Waals surface area contributed by atoms with Crippen molar-refractivity contribution in [2.45, 2.75) is 0 Å². The van der Waals surface area contributed by atoms with E-state index in [0.717, 1.165) is 22.5 Å². The van der Waals surface area contributed by atoms with Crippen LogP contribution in [0.5, 0.6) is 0 Å². The maximum atomic E-state index is 9.43. The molecule has 2 aromatic carbocycles. The molecule has 2 aromatic heterocycles. The molecule has 31 heavy (non-hydrogen) atoms. The number of aromatic nitrogens is 2. The van der Waals surface area contributed by atoms with Gasteiger partial charge in [0.25, 0.3) is 0 Å². The molecule has 0 saturated carbocycles. The van der Waals surface area contributed by atoms with Crippen LogP contribution in [0.3, 0.4) is 0 Å². The second-order valence-corrected chi connectivity index (χ2v) is 7.33. The molecule has 0 aliphatic rings. The SMILES string of the molecule is N#CC(C#N)=c1sc(=C(C#N)C#N)c2nc(-c3ccccc3)c(-c3ccccc3)nc12. The van der Waals surface area contributed by atoms with Gasteiger partial charge in [0.1, 0.15) is 46.5 Å². The Labute approximate surface area is 181 Å². The predicted molar refractivity (Wildman–Crippen MR) is 117 cm³/mol. The molecular formula is C24H10N6S. The summed E-state index contributed by atoms with van der Waals surface area (Å²) in [4.78, 5) is 9.61. The molecular weight excluding hydrogens is 404 g/mol. The number of hydrogen-bond donors (Lipinski definition) is 0. The standard InChI is InChI=1S/C24H10N6S/c25-11-17(12-26)23-21-22(24(31-23)18(13-27)14-28)30-20(16-9-5-2-6-10-16)19(29-21)15-7-3-1-4-8-15/h1-10H. The lowest BCUT2D eigenvalue weighted by Crippen LogP contribution is -2.04. The van der Waals surface area contributed by atoms with Gasteiger partial charge >= 0.3 is 0 Å². The lowest BCUT2D eigenvalue weighted by Gasteiger charge is -2.09. The number of nitriles is 4. The largest absolute Gasteiger partial charge is 0.242 e. The first-order valence-corrected chi connectivity index (χ1v) is 9.83. The lowest BCUT2D eigenvalue weighted by atomic mass is 10.0. The van der Waals surface area contributed by atoms with Gasteiger partial charge in [0, 0.05) is 11.1 Å². The summed E-state index contributed by atoms with van der Waals surface area (Å²) in [5.41, 5.74) is 3.14. The zero-order valence-corrected chi connectivity index (χ0v) is 16.7. The molecule has 7 heteroatoms. The zero-order valence-electron chi connectivity index (χ0n) is 15.9. The molecule has 4 rings (SSSR count). The molecule has 0 fully saturated rings. The van der Waals surface area contributed by atoms with Gasteiger partial charge in [0.2, 0.25) is 0 Å². The van der Waals surface area contributed by atoms with E-state index in [-0.39, 0.29) is 11.1 Å². The first-order valence-electron chi connectivity index (χ1n) is 9.02. The summed E-state index contributed by atoms with van der Waals surface area (Å²) >= 11 is 1.01. The molecule has 4 aromatic rings. The number of nitrogens with zero attached hydrogens (tertiary/aromatic N) is 6. The van der Waals surface area contributed by atoms with Crippen LogP contribution in [0.4, 0.5) is 0 Å². The summed E-state index contributed by atoms with van der Waals surface area (Å²) in [5.74, 6) is 0. The van der Waals surface area contributed by atoms with Crippen LogP contribution >= 0.6 is 11.3 Å². The maximum Gasteiger partial charge on any atom is 0.149 e. The fourth-order valence-electron chi connectivity index (χ4n) is 3.14. The fourth-order valence-corrected chi connectivity index (χ4v) is 4.21. The third-order valence-electron chi connectivity index (χ3n) is 4.53. The van der Waals surface area contributed by atoms with Crippen LogP contribution in [0.25, 0.3) is 44.7 Å². The van der Waals surface area contributed by atoms with Gasteiger partial charge in [-0.05, 0) is 0 Å². The number of fused-ring (bicyclic) bond motifs is 1. The van der Waals surface area contributed by atoms with E-state index in [9.17, 15) is 21.0 Å². The minimum Gasteiger partial charge on any atom is -0.242 e. The highest BCUT2D eigenvalue weighted by atomic mass is 32.1. The molecule has 0 bridgehead atoms. The third kappa shape index (κ3) is 3.39. The number of thiophene rings is 1. The van der Waals surface area contributed by atoms with Crippen molar-refractivity contribution in [1.29, 1.82) is 21.0 Å². The van der Waals surface area contributed by atoms with E-state index in [1.54, 1.807) is 0 Å². The Morgan fingerprint density at radius 1 is 0.581 bits per heavy atom. The summed E-state index contributed by atoms with van der Waals surface area (Å²) in [7, 11) is 0. The van der Waals surface area contributed by atoms with E-state index in [1.807, 2.05) is 84.9 Å². The highest BCUT2D eigenvalue weighted by Crippen LogP contribution is 2.30. The van der Waals surface area contributed by atoms with Crippen molar-refractivity contribution in [2.75, 3.05) is 0 Å². The molecule has 0 atom stereocenters. The minimum atomic E-state index is -0.141. The Balaban J connectivity index is 2.29. The van der Waals surface area contributed by atoms with E-state index in [0.29, 0.717) is 31.5 Å². The van der Waals surface area contributed by atoms with Crippen molar-refractivity contribution >= 4 is 33.5 Å². The Kier molecular flexibility index (Phi) is 5.20. The van der Waals surface area contributed by atoms with Gasteiger partial charge in [-0.2, -0.15) is 21.0 Å². The molecule has 0 saturated heterocycles. The van der Waals surface area contributed by atoms with Gasteiger partial charge < -0.3 is 0 Å². The van der Waals surface area contributed by atoms with Crippen LogP contribution in [-0.4, -0.2) is 9.97 Å². The molecule has 2 heterocycles. The Bertz CT molecular complexity index is 1450. The molecule has 0 aliphatic carbocycles. The minimum absolute atomic E-state index is 0.141. The second-order valence-electron chi connectivity index (χ2n) is 6.31. The van der Waals surface area contributed by atoms with Crippen LogP contribution in [-0.2, 0) is 0 Å². The van der Waals surface area contributed by atoms with Crippen LogP contribution in [0, 0.1) is 45.3 Å². The van der Waals surface area contributed by atoms with Gasteiger partial charge in [-0.15, -0.1) is 11.3 Å². The third-order valence-corrected chi connectivity index (χ3v) is 5.73. The molecule has 0 spiro atoms. The Morgan fingerprint density at radius 3 is 1.26 bits per heavy atom. The van der Waals surface area contributed by atoms with Crippen LogP contribution in [0.15, 0.2) is 60.7 Å². The summed E-state index contributed by atoms with van der Waals surface area (Å²) in [5, 5.41) is 37.7. The lowest BCUT2D eigenvalue weighted by molar-refractivity contribution is 1.29. The average molecular weight is 414 g/mol. The van der Waals surface area contributed by atoms with Crippen molar-refractivity contribution in [3.8, 4) is 46.8 Å². The van der Waals surface area contributed by atoms with Crippen LogP contribution in [0.2, 0.25) is 0 Å². The maximum absolute atomic E-state index is 9.43. The number of hydrogen-bond acceptors (Lipinski definition) is 7. The van der Waals surface area contributed by atoms with Crippen molar-refractivity contribution in [2.24, 2.45) is 0 Å². The zero-order chi connectivity index (χ0) is 21.8. The van der Waals surface area contributed by atoms with Crippen molar-refractivity contribution in [1.82, 2.24) is 9.97 Å². The van der Waals surface area contributed by atoms with Gasteiger partial charge in [-0.1, -0.05) is 60.7 Å². The molecule has 142 valence electrons. The average Bonchev–Trinajstić information content (AvgIpc) is 3.19. The molecule has 0 radical (unpaired) electrons. The summed E-state index contributed by atoms with van der Waals surface area (Å²) < 4.78 is 0.588. The number of rotatable bonds is 2. The van der Waals surface area contributed by atoms with Gasteiger partial charge in [0.05, 0.1) is 20.5 Å². The summed E-state index contributed by atoms with van der Waals surface area (Å²) in [6, 6.07) is 26.4. The number of benzene rings is 2. The van der Waals surface area contributed by atoms with Crippen molar-refractivity contribution in [3.63, 3.8) is 0 Å². The van der Waals surface area contributed by atoms with Gasteiger partial charge in [-0.25, -0.2) is 9.97 Å². The van der Waals surface area contributed by atoms with E-state index in [4.69, 9.17) is 9.97 Å². The van der Waals surface area contributed by atoms with E-state index in [2.05, 4.69) is 0 Å². The van der Waals surface area contributed by atoms with Gasteiger partial charge in [-0.3, -0.25) is 0 Å². The van der Waals surface area contributed by atoms with Crippen molar-refractivity contribution < 1.29 is 0 Å². The first-order chi connectivity index (χ1) is 15.2. The monoisotopic (exact) mass is 414 g/mol. The van der Waals surface area contributed by atoms with E-state index in [1.165, 1.54) is 0 Å². The topological polar surface area (TPSA) is 121 Å². The normalized spacial score (nSPS) is 9.81. The van der Waals surface area contributed by atoms with Crippen LogP contribution in [0.1, 0.15) is 0 Å². The first kappa shape index (κ1) is 19.5. The Hall–Kier alpha value is -4.82. The molecule has 0 aliphatic heterocycles. The smallest absolute Gasteiger partial charge is 0.149 e. The molecule has 0 amide bonds. The summed E-state index contributed by atoms with van der Waals surface area (Å²) in [6.07, 6.45) is 0. The van der Waals surface area contributed by atoms with E-state index < -0.39 is 0 Å². The van der Waals surface area contributed by atoms with Crippen molar-refractivity contribution in [3.05, 3.63) is 69.7 Å². The molecule has 0 N–H and O–H groups in total.